The molecule has 154 valence electrons. The molecule has 0 aromatic heterocycles. The Bertz CT molecular complexity index is 942. The Balaban J connectivity index is 1.51. The van der Waals surface area contributed by atoms with Gasteiger partial charge in [-0.1, -0.05) is 18.2 Å². The molecule has 8 rings (SSSR count). The van der Waals surface area contributed by atoms with E-state index in [4.69, 9.17) is 19.9 Å². The van der Waals surface area contributed by atoms with Crippen molar-refractivity contribution in [3.63, 3.8) is 0 Å². The minimum Gasteiger partial charge on any atom is -0.493 e. The third-order valence-corrected chi connectivity index (χ3v) is 9.36. The molecule has 5 aliphatic carbocycles. The molecule has 4 bridgehead atoms. The van der Waals surface area contributed by atoms with E-state index >= 15 is 0 Å². The van der Waals surface area contributed by atoms with Crippen molar-refractivity contribution in [2.75, 3.05) is 27.3 Å². The van der Waals surface area contributed by atoms with Crippen LogP contribution in [-0.4, -0.2) is 56.0 Å². The quantitative estimate of drug-likeness (QED) is 0.795. The highest BCUT2D eigenvalue weighted by Crippen LogP contribution is 2.73. The second-order valence-electron chi connectivity index (χ2n) is 10.3. The van der Waals surface area contributed by atoms with Crippen LogP contribution in [0.2, 0.25) is 0 Å². The number of piperidine rings is 1. The topological polar surface area (TPSA) is 57.0 Å². The first-order chi connectivity index (χ1) is 14.1. The fourth-order valence-corrected chi connectivity index (χ4v) is 7.98. The van der Waals surface area contributed by atoms with Crippen LogP contribution < -0.4 is 15.2 Å². The number of methoxy groups -OCH3 is 2. The molecule has 0 radical (unpaired) electrons. The summed E-state index contributed by atoms with van der Waals surface area (Å²) in [4.78, 5) is 2.80. The van der Waals surface area contributed by atoms with Crippen LogP contribution in [0.4, 0.5) is 0 Å². The van der Waals surface area contributed by atoms with Crippen LogP contribution in [0.15, 0.2) is 24.3 Å². The maximum absolute atomic E-state index is 6.86. The lowest BCUT2D eigenvalue weighted by Crippen LogP contribution is -2.81. The van der Waals surface area contributed by atoms with Crippen molar-refractivity contribution in [1.82, 2.24) is 4.90 Å². The number of ether oxygens (including phenoxy) is 3. The summed E-state index contributed by atoms with van der Waals surface area (Å²) in [6.45, 7) is 2.38. The molecule has 7 aliphatic rings. The number of rotatable bonds is 4. The molecule has 3 unspecified atom stereocenters. The summed E-state index contributed by atoms with van der Waals surface area (Å²) in [5.74, 6) is 2.69. The highest BCUT2D eigenvalue weighted by Gasteiger charge is 2.78. The van der Waals surface area contributed by atoms with E-state index < -0.39 is 5.60 Å². The molecule has 1 aromatic rings. The Kier molecular flexibility index (Phi) is 3.07. The molecule has 5 nitrogen and oxygen atoms in total. The molecule has 2 spiro atoms. The Hall–Kier alpha value is -1.56. The van der Waals surface area contributed by atoms with Crippen molar-refractivity contribution in [1.29, 1.82) is 0 Å². The second kappa shape index (κ2) is 5.19. The van der Waals surface area contributed by atoms with Gasteiger partial charge in [0.15, 0.2) is 11.5 Å². The number of hydrogen-bond acceptors (Lipinski definition) is 5. The zero-order valence-electron chi connectivity index (χ0n) is 17.3. The minimum absolute atomic E-state index is 0.0229. The Morgan fingerprint density at radius 1 is 1.24 bits per heavy atom. The highest BCUT2D eigenvalue weighted by atomic mass is 16.6. The predicted molar refractivity (Wildman–Crippen MR) is 109 cm³/mol. The largest absolute Gasteiger partial charge is 0.493 e. The first-order valence-electron chi connectivity index (χ1n) is 11.2. The first kappa shape index (κ1) is 17.2. The molecular weight excluding hydrogens is 364 g/mol. The fourth-order valence-electron chi connectivity index (χ4n) is 7.98. The zero-order chi connectivity index (χ0) is 19.6. The van der Waals surface area contributed by atoms with Gasteiger partial charge in [0.25, 0.3) is 0 Å². The smallest absolute Gasteiger partial charge is 0.166 e. The van der Waals surface area contributed by atoms with Crippen LogP contribution in [0.5, 0.6) is 11.5 Å². The van der Waals surface area contributed by atoms with Crippen LogP contribution in [0.1, 0.15) is 36.8 Å². The van der Waals surface area contributed by atoms with E-state index in [0.717, 1.165) is 43.2 Å². The summed E-state index contributed by atoms with van der Waals surface area (Å²) in [6.07, 6.45) is 10.6. The molecule has 1 saturated heterocycles. The van der Waals surface area contributed by atoms with Crippen molar-refractivity contribution in [2.24, 2.45) is 17.1 Å². The summed E-state index contributed by atoms with van der Waals surface area (Å²) >= 11 is 0. The maximum Gasteiger partial charge on any atom is 0.166 e. The summed E-state index contributed by atoms with van der Waals surface area (Å²) in [5.41, 5.74) is 9.11. The van der Waals surface area contributed by atoms with Crippen molar-refractivity contribution < 1.29 is 14.2 Å². The van der Waals surface area contributed by atoms with Gasteiger partial charge < -0.3 is 19.9 Å². The van der Waals surface area contributed by atoms with Crippen LogP contribution in [-0.2, 0) is 16.6 Å². The molecule has 1 aromatic carbocycles. The van der Waals surface area contributed by atoms with E-state index in [-0.39, 0.29) is 23.0 Å². The van der Waals surface area contributed by atoms with Gasteiger partial charge in [0.05, 0.1) is 12.5 Å². The number of nitrogens with zero attached hydrogens (tertiary/aromatic N) is 1. The van der Waals surface area contributed by atoms with Gasteiger partial charge >= 0.3 is 0 Å². The summed E-state index contributed by atoms with van der Waals surface area (Å²) in [6, 6.07) is 4.82. The lowest BCUT2D eigenvalue weighted by Gasteiger charge is -2.71. The number of fused-ring (bicyclic) bond motifs is 1. The Labute approximate surface area is 172 Å². The van der Waals surface area contributed by atoms with E-state index in [0.29, 0.717) is 6.04 Å². The molecule has 5 heteroatoms. The van der Waals surface area contributed by atoms with Gasteiger partial charge in [0.2, 0.25) is 0 Å². The molecule has 2 N–H and O–H groups in total. The van der Waals surface area contributed by atoms with Crippen molar-refractivity contribution >= 4 is 0 Å². The Morgan fingerprint density at radius 2 is 2.10 bits per heavy atom. The highest BCUT2D eigenvalue weighted by molar-refractivity contribution is 5.65. The normalized spacial score (nSPS) is 45.8. The van der Waals surface area contributed by atoms with Gasteiger partial charge in [-0.2, -0.15) is 0 Å². The summed E-state index contributed by atoms with van der Waals surface area (Å²) in [5, 5.41) is 0. The standard InChI is InChI=1S/C24H30N2O3/c1-27-16-6-5-15-11-18-22-7-8-24(28-2,17(25)12-22)21-23(22,19(15)20(16)29-21)9-10-26(18)13-14-3-4-14/h5-8,14,17-18,21H,3-4,9-13,25H2,1-2H3/t17?,18-,21?,22+,23-,24?/m0/s1. The lowest BCUT2D eigenvalue weighted by molar-refractivity contribution is -0.197. The van der Waals surface area contributed by atoms with Crippen LogP contribution >= 0.6 is 0 Å². The van der Waals surface area contributed by atoms with E-state index in [2.05, 4.69) is 29.2 Å². The van der Waals surface area contributed by atoms with Gasteiger partial charge in [-0.05, 0) is 56.2 Å². The van der Waals surface area contributed by atoms with E-state index in [1.807, 2.05) is 0 Å². The van der Waals surface area contributed by atoms with Gasteiger partial charge in [0, 0.05) is 36.7 Å². The van der Waals surface area contributed by atoms with Crippen LogP contribution in [0, 0.1) is 11.3 Å². The van der Waals surface area contributed by atoms with Gasteiger partial charge in [-0.15, -0.1) is 0 Å². The molecule has 2 aliphatic heterocycles. The van der Waals surface area contributed by atoms with E-state index in [1.54, 1.807) is 14.2 Å². The maximum atomic E-state index is 6.86. The third kappa shape index (κ3) is 1.70. The average Bonchev–Trinajstić information content (AvgIpc) is 3.47. The second-order valence-corrected chi connectivity index (χ2v) is 10.3. The predicted octanol–water partition coefficient (Wildman–Crippen LogP) is 2.41. The zero-order valence-corrected chi connectivity index (χ0v) is 17.3. The fraction of sp³-hybridized carbons (Fsp3) is 0.667. The molecule has 0 amide bonds. The van der Waals surface area contributed by atoms with Gasteiger partial charge in [-0.25, -0.2) is 0 Å². The summed E-state index contributed by atoms with van der Waals surface area (Å²) in [7, 11) is 3.54. The van der Waals surface area contributed by atoms with Crippen molar-refractivity contribution in [3.05, 3.63) is 35.4 Å². The number of nitrogens with two attached hydrogens (primary N) is 1. The van der Waals surface area contributed by atoms with Crippen molar-refractivity contribution in [3.8, 4) is 11.5 Å². The molecule has 3 fully saturated rings. The SMILES string of the molecule is COc1ccc2c3c1OC1C4(OC)C=C[C@@]5(CC4N)[C@H](C2)N(CC2CC2)CC[C@]315. The van der Waals surface area contributed by atoms with Gasteiger partial charge in [-0.3, -0.25) is 4.90 Å². The summed E-state index contributed by atoms with van der Waals surface area (Å²) < 4.78 is 18.8. The van der Waals surface area contributed by atoms with Crippen LogP contribution in [0.3, 0.4) is 0 Å². The van der Waals surface area contributed by atoms with E-state index in [1.165, 1.54) is 30.5 Å². The van der Waals surface area contributed by atoms with Crippen LogP contribution in [0.25, 0.3) is 0 Å². The molecular formula is C24H30N2O3. The molecule has 2 saturated carbocycles. The Morgan fingerprint density at radius 3 is 2.83 bits per heavy atom. The van der Waals surface area contributed by atoms with Crippen molar-refractivity contribution in [2.45, 2.75) is 61.3 Å². The lowest BCUT2D eigenvalue weighted by atomic mass is 9.38. The minimum atomic E-state index is -0.566. The molecule has 6 atom stereocenters. The monoisotopic (exact) mass is 394 g/mol. The number of likely N-dealkylation sites (tertiary alicyclic amines) is 1. The number of benzene rings is 1. The third-order valence-electron chi connectivity index (χ3n) is 9.36. The molecule has 2 heterocycles. The van der Waals surface area contributed by atoms with E-state index in [9.17, 15) is 0 Å². The molecule has 29 heavy (non-hydrogen) atoms. The average molecular weight is 395 g/mol. The first-order valence-corrected chi connectivity index (χ1v) is 11.2. The van der Waals surface area contributed by atoms with Gasteiger partial charge in [0.1, 0.15) is 11.7 Å². The number of hydrogen-bond donors (Lipinski definition) is 1.